The number of anilines is 1. The minimum Gasteiger partial charge on any atom is -0.349 e. The van der Waals surface area contributed by atoms with E-state index in [2.05, 4.69) is 10.6 Å². The molecule has 2 saturated carbocycles. The number of hydrogen-bond donors (Lipinski definition) is 2. The number of fused-ring (bicyclic) bond motifs is 1. The molecule has 3 atom stereocenters. The fourth-order valence-corrected chi connectivity index (χ4v) is 5.02. The predicted molar refractivity (Wildman–Crippen MR) is 120 cm³/mol. The van der Waals surface area contributed by atoms with Gasteiger partial charge in [-0.1, -0.05) is 18.9 Å². The van der Waals surface area contributed by atoms with E-state index in [0.717, 1.165) is 38.5 Å². The van der Waals surface area contributed by atoms with Gasteiger partial charge in [0.05, 0.1) is 11.8 Å². The summed E-state index contributed by atoms with van der Waals surface area (Å²) in [6.45, 7) is 0. The molecule has 1 saturated heterocycles. The molecule has 3 aliphatic rings. The van der Waals surface area contributed by atoms with E-state index in [0.29, 0.717) is 23.4 Å². The summed E-state index contributed by atoms with van der Waals surface area (Å²) >= 11 is 1.58. The third-order valence-corrected chi connectivity index (χ3v) is 7.03. The van der Waals surface area contributed by atoms with Crippen LogP contribution in [0.1, 0.15) is 55.3 Å². The molecule has 166 valence electrons. The van der Waals surface area contributed by atoms with Crippen molar-refractivity contribution in [2.75, 3.05) is 17.3 Å². The van der Waals surface area contributed by atoms with E-state index in [-0.39, 0.29) is 41.5 Å². The molecule has 1 heterocycles. The number of nitrogens with one attached hydrogen (secondary N) is 2. The highest BCUT2D eigenvalue weighted by Gasteiger charge is 2.51. The Morgan fingerprint density at radius 3 is 2.39 bits per heavy atom. The summed E-state index contributed by atoms with van der Waals surface area (Å²) < 4.78 is 0. The summed E-state index contributed by atoms with van der Waals surface area (Å²) in [5.74, 6) is -0.836. The maximum Gasteiger partial charge on any atom is 0.251 e. The van der Waals surface area contributed by atoms with Crippen LogP contribution in [0.5, 0.6) is 0 Å². The summed E-state index contributed by atoms with van der Waals surface area (Å²) in [5, 5.41) is 5.77. The Kier molecular flexibility index (Phi) is 6.65. The highest BCUT2D eigenvalue weighted by atomic mass is 32.2. The van der Waals surface area contributed by atoms with Crippen LogP contribution in [0.4, 0.5) is 5.69 Å². The van der Waals surface area contributed by atoms with Crippen LogP contribution in [0.15, 0.2) is 24.3 Å². The molecule has 0 spiro atoms. The fraction of sp³-hybridized carbons (Fsp3) is 0.565. The lowest BCUT2D eigenvalue weighted by Crippen LogP contribution is -2.48. The minimum absolute atomic E-state index is 0.161. The van der Waals surface area contributed by atoms with Crippen LogP contribution in [0, 0.1) is 11.8 Å². The number of carbonyl (C=O) groups is 4. The molecule has 3 unspecified atom stereocenters. The van der Waals surface area contributed by atoms with Gasteiger partial charge in [-0.25, -0.2) is 0 Å². The van der Waals surface area contributed by atoms with Crippen LogP contribution in [0.25, 0.3) is 0 Å². The number of rotatable bonds is 8. The van der Waals surface area contributed by atoms with E-state index in [1.54, 1.807) is 36.0 Å². The first-order chi connectivity index (χ1) is 15.0. The topological polar surface area (TPSA) is 95.6 Å². The summed E-state index contributed by atoms with van der Waals surface area (Å²) in [6.07, 6.45) is 7.69. The first-order valence-corrected chi connectivity index (χ1v) is 12.5. The van der Waals surface area contributed by atoms with E-state index in [4.69, 9.17) is 0 Å². The quantitative estimate of drug-likeness (QED) is 0.603. The largest absolute Gasteiger partial charge is 0.349 e. The molecule has 2 aliphatic carbocycles. The molecule has 31 heavy (non-hydrogen) atoms. The number of carbonyl (C=O) groups excluding carboxylic acids is 4. The Morgan fingerprint density at radius 1 is 1.10 bits per heavy atom. The molecular formula is C23H29N3O4S. The van der Waals surface area contributed by atoms with Crippen molar-refractivity contribution in [3.05, 3.63) is 29.8 Å². The van der Waals surface area contributed by atoms with Crippen molar-refractivity contribution < 1.29 is 19.2 Å². The van der Waals surface area contributed by atoms with Gasteiger partial charge < -0.3 is 10.6 Å². The lowest BCUT2D eigenvalue weighted by Gasteiger charge is -2.26. The SMILES string of the molecule is CSCCC(C(=O)Nc1cccc(C(=O)NC2CC2)c1)N1C(=O)C2CCCCC2C1=O. The van der Waals surface area contributed by atoms with Gasteiger partial charge in [0.25, 0.3) is 5.91 Å². The zero-order valence-corrected chi connectivity index (χ0v) is 18.6. The van der Waals surface area contributed by atoms with Crippen LogP contribution in [-0.2, 0) is 14.4 Å². The molecule has 1 aliphatic heterocycles. The number of thioether (sulfide) groups is 1. The van der Waals surface area contributed by atoms with Crippen molar-refractivity contribution in [2.24, 2.45) is 11.8 Å². The second-order valence-corrected chi connectivity index (χ2v) is 9.64. The highest BCUT2D eigenvalue weighted by molar-refractivity contribution is 7.98. The van der Waals surface area contributed by atoms with Crippen molar-refractivity contribution in [2.45, 2.75) is 57.0 Å². The highest BCUT2D eigenvalue weighted by Crippen LogP contribution is 2.39. The number of benzene rings is 1. The third kappa shape index (κ3) is 4.79. The van der Waals surface area contributed by atoms with E-state index in [9.17, 15) is 19.2 Å². The Bertz CT molecular complexity index is 861. The minimum atomic E-state index is -0.831. The van der Waals surface area contributed by atoms with Crippen LogP contribution in [-0.4, -0.2) is 52.6 Å². The van der Waals surface area contributed by atoms with Crippen molar-refractivity contribution in [3.63, 3.8) is 0 Å². The van der Waals surface area contributed by atoms with Gasteiger partial charge in [-0.2, -0.15) is 11.8 Å². The normalized spacial score (nSPS) is 24.0. The van der Waals surface area contributed by atoms with Gasteiger partial charge in [0.15, 0.2) is 0 Å². The van der Waals surface area contributed by atoms with Gasteiger partial charge in [0.2, 0.25) is 17.7 Å². The number of imide groups is 1. The molecule has 0 aromatic heterocycles. The summed E-state index contributed by atoms with van der Waals surface area (Å²) in [7, 11) is 0. The molecule has 4 rings (SSSR count). The van der Waals surface area contributed by atoms with Crippen molar-refractivity contribution >= 4 is 41.1 Å². The molecule has 0 bridgehead atoms. The predicted octanol–water partition coefficient (Wildman–Crippen LogP) is 2.81. The molecule has 8 heteroatoms. The van der Waals surface area contributed by atoms with Crippen LogP contribution in [0.2, 0.25) is 0 Å². The maximum atomic E-state index is 13.2. The van der Waals surface area contributed by atoms with Crippen LogP contribution >= 0.6 is 11.8 Å². The van der Waals surface area contributed by atoms with Gasteiger partial charge in [-0.05, 0) is 62.3 Å². The summed E-state index contributed by atoms with van der Waals surface area (Å²) in [4.78, 5) is 52.8. The Hall–Kier alpha value is -2.35. The number of amides is 4. The monoisotopic (exact) mass is 443 g/mol. The second kappa shape index (κ2) is 9.42. The van der Waals surface area contributed by atoms with E-state index in [1.807, 2.05) is 6.26 Å². The molecule has 3 fully saturated rings. The van der Waals surface area contributed by atoms with E-state index in [1.165, 1.54) is 4.90 Å². The standard InChI is InChI=1S/C23H29N3O4S/c1-31-12-11-19(26-22(29)17-7-2-3-8-18(17)23(26)30)21(28)25-16-6-4-5-14(13-16)20(27)24-15-9-10-15/h4-6,13,15,17-19H,2-3,7-12H2,1H3,(H,24,27)(H,25,28). The van der Waals surface area contributed by atoms with Crippen molar-refractivity contribution in [1.29, 1.82) is 0 Å². The van der Waals surface area contributed by atoms with Gasteiger partial charge in [0.1, 0.15) is 6.04 Å². The molecule has 4 amide bonds. The molecule has 0 radical (unpaired) electrons. The molecular weight excluding hydrogens is 414 g/mol. The molecule has 2 N–H and O–H groups in total. The molecule has 1 aromatic rings. The lowest BCUT2D eigenvalue weighted by molar-refractivity contribution is -0.146. The first-order valence-electron chi connectivity index (χ1n) is 11.1. The zero-order valence-electron chi connectivity index (χ0n) is 17.8. The maximum absolute atomic E-state index is 13.2. The van der Waals surface area contributed by atoms with Crippen molar-refractivity contribution in [3.8, 4) is 0 Å². The molecule has 1 aromatic carbocycles. The average Bonchev–Trinajstić information content (AvgIpc) is 3.55. The third-order valence-electron chi connectivity index (χ3n) is 6.39. The lowest BCUT2D eigenvalue weighted by atomic mass is 9.81. The van der Waals surface area contributed by atoms with Crippen LogP contribution in [0.3, 0.4) is 0 Å². The van der Waals surface area contributed by atoms with Gasteiger partial charge in [0, 0.05) is 17.3 Å². The van der Waals surface area contributed by atoms with Gasteiger partial charge in [-0.15, -0.1) is 0 Å². The summed E-state index contributed by atoms with van der Waals surface area (Å²) in [6, 6.07) is 6.19. The smallest absolute Gasteiger partial charge is 0.251 e. The van der Waals surface area contributed by atoms with Gasteiger partial charge >= 0.3 is 0 Å². The fourth-order valence-electron chi connectivity index (χ4n) is 4.56. The number of nitrogens with zero attached hydrogens (tertiary/aromatic N) is 1. The van der Waals surface area contributed by atoms with Crippen molar-refractivity contribution in [1.82, 2.24) is 10.2 Å². The number of hydrogen-bond acceptors (Lipinski definition) is 5. The Labute approximate surface area is 186 Å². The van der Waals surface area contributed by atoms with Gasteiger partial charge in [-0.3, -0.25) is 24.1 Å². The Balaban J connectivity index is 1.50. The van der Waals surface area contributed by atoms with E-state index < -0.39 is 6.04 Å². The average molecular weight is 444 g/mol. The number of likely N-dealkylation sites (tertiary alicyclic amines) is 1. The van der Waals surface area contributed by atoms with E-state index >= 15 is 0 Å². The van der Waals surface area contributed by atoms with Crippen LogP contribution < -0.4 is 10.6 Å². The molecule has 7 nitrogen and oxygen atoms in total. The Morgan fingerprint density at radius 2 is 1.77 bits per heavy atom. The first kappa shape index (κ1) is 21.9. The zero-order chi connectivity index (χ0) is 22.0. The summed E-state index contributed by atoms with van der Waals surface area (Å²) in [5.41, 5.74) is 0.962. The second-order valence-electron chi connectivity index (χ2n) is 8.66.